The summed E-state index contributed by atoms with van der Waals surface area (Å²) >= 11 is 1.64. The van der Waals surface area contributed by atoms with Gasteiger partial charge in [-0.3, -0.25) is 4.79 Å². The van der Waals surface area contributed by atoms with Crippen LogP contribution >= 0.6 is 11.3 Å². The smallest absolute Gasteiger partial charge is 0.256 e. The second-order valence-corrected chi connectivity index (χ2v) is 8.47. The third-order valence-corrected chi connectivity index (χ3v) is 6.68. The average Bonchev–Trinajstić information content (AvgIpc) is 3.07. The van der Waals surface area contributed by atoms with Crippen molar-refractivity contribution in [3.05, 3.63) is 87.5 Å². The molecule has 6 heteroatoms. The normalized spacial score (nSPS) is 20.7. The number of halogens is 1. The molecule has 3 aromatic rings. The molecule has 2 atom stereocenters. The van der Waals surface area contributed by atoms with Crippen LogP contribution in [0.15, 0.2) is 54.6 Å². The lowest BCUT2D eigenvalue weighted by Gasteiger charge is -2.27. The van der Waals surface area contributed by atoms with Crippen molar-refractivity contribution in [1.29, 1.82) is 0 Å². The summed E-state index contributed by atoms with van der Waals surface area (Å²) in [4.78, 5) is 15.6. The molecule has 4 nitrogen and oxygen atoms in total. The predicted molar refractivity (Wildman–Crippen MR) is 108 cm³/mol. The van der Waals surface area contributed by atoms with Crippen LogP contribution < -0.4 is 15.5 Å². The quantitative estimate of drug-likeness (QED) is 0.640. The first-order valence-electron chi connectivity index (χ1n) is 9.53. The highest BCUT2D eigenvalue weighted by atomic mass is 32.1. The van der Waals surface area contributed by atoms with E-state index in [1.807, 2.05) is 6.07 Å². The van der Waals surface area contributed by atoms with E-state index >= 15 is 0 Å². The van der Waals surface area contributed by atoms with E-state index < -0.39 is 6.17 Å². The van der Waals surface area contributed by atoms with Crippen molar-refractivity contribution in [1.82, 2.24) is 5.32 Å². The fourth-order valence-electron chi connectivity index (χ4n) is 4.15. The van der Waals surface area contributed by atoms with Gasteiger partial charge in [-0.15, -0.1) is 11.3 Å². The molecular formula is C22H21FN3OS+. The Labute approximate surface area is 167 Å². The standard InChI is InChI=1S/C22H20FN3OS/c23-17-9-5-4-8-15(17)20-24-21(27)19-16-10-11-26(12-14-6-2-1-3-7-14)13-18(16)28-22(19)25-20/h1-9,20,25H,10-13H2,(H,24,27)/p+1. The predicted octanol–water partition coefficient (Wildman–Crippen LogP) is 2.88. The van der Waals surface area contributed by atoms with Gasteiger partial charge >= 0.3 is 0 Å². The molecule has 2 aliphatic rings. The van der Waals surface area contributed by atoms with E-state index in [4.69, 9.17) is 0 Å². The fraction of sp³-hybridized carbons (Fsp3) is 0.227. The molecule has 0 fully saturated rings. The van der Waals surface area contributed by atoms with Crippen molar-refractivity contribution < 1.29 is 14.1 Å². The maximum absolute atomic E-state index is 14.2. The van der Waals surface area contributed by atoms with E-state index in [1.54, 1.807) is 29.5 Å². The summed E-state index contributed by atoms with van der Waals surface area (Å²) in [6.07, 6.45) is 0.358. The van der Waals surface area contributed by atoms with Crippen LogP contribution in [0.3, 0.4) is 0 Å². The fourth-order valence-corrected chi connectivity index (χ4v) is 5.49. The molecule has 28 heavy (non-hydrogen) atoms. The van der Waals surface area contributed by atoms with E-state index in [1.165, 1.54) is 21.4 Å². The van der Waals surface area contributed by atoms with Gasteiger partial charge in [0.2, 0.25) is 0 Å². The molecule has 5 rings (SSSR count). The Bertz CT molecular complexity index is 1030. The first-order chi connectivity index (χ1) is 13.7. The van der Waals surface area contributed by atoms with Gasteiger partial charge in [0.25, 0.3) is 5.91 Å². The zero-order valence-electron chi connectivity index (χ0n) is 15.3. The topological polar surface area (TPSA) is 45.6 Å². The zero-order valence-corrected chi connectivity index (χ0v) is 16.1. The van der Waals surface area contributed by atoms with Crippen molar-refractivity contribution in [2.75, 3.05) is 11.9 Å². The third kappa shape index (κ3) is 3.08. The van der Waals surface area contributed by atoms with Crippen molar-refractivity contribution >= 4 is 22.2 Å². The van der Waals surface area contributed by atoms with E-state index in [0.29, 0.717) is 5.56 Å². The number of amides is 1. The minimum atomic E-state index is -0.533. The molecule has 0 saturated heterocycles. The van der Waals surface area contributed by atoms with Gasteiger partial charge in [-0.1, -0.05) is 48.5 Å². The number of nitrogens with one attached hydrogen (secondary N) is 3. The van der Waals surface area contributed by atoms with Gasteiger partial charge in [-0.25, -0.2) is 4.39 Å². The second-order valence-electron chi connectivity index (χ2n) is 7.37. The maximum atomic E-state index is 14.2. The Hall–Kier alpha value is -2.70. The molecule has 2 unspecified atom stereocenters. The molecule has 3 heterocycles. The van der Waals surface area contributed by atoms with Crippen LogP contribution in [0.4, 0.5) is 9.39 Å². The molecule has 1 amide bonds. The van der Waals surface area contributed by atoms with Gasteiger partial charge < -0.3 is 15.5 Å². The molecule has 0 bridgehead atoms. The molecule has 0 aliphatic carbocycles. The number of thiophene rings is 1. The Morgan fingerprint density at radius 3 is 2.68 bits per heavy atom. The van der Waals surface area contributed by atoms with Crippen LogP contribution in [-0.2, 0) is 19.5 Å². The van der Waals surface area contributed by atoms with Crippen LogP contribution in [-0.4, -0.2) is 12.5 Å². The second kappa shape index (κ2) is 7.04. The highest BCUT2D eigenvalue weighted by Crippen LogP contribution is 2.39. The maximum Gasteiger partial charge on any atom is 0.256 e. The lowest BCUT2D eigenvalue weighted by Crippen LogP contribution is -3.10. The lowest BCUT2D eigenvalue weighted by molar-refractivity contribution is -0.929. The number of hydrogen-bond donors (Lipinski definition) is 3. The SMILES string of the molecule is O=C1NC(c2ccccc2F)Nc2sc3c(c21)CC[NH+](Cc1ccccc1)C3. The summed E-state index contributed by atoms with van der Waals surface area (Å²) in [6, 6.07) is 17.1. The van der Waals surface area contributed by atoms with Gasteiger partial charge in [0.05, 0.1) is 17.0 Å². The summed E-state index contributed by atoms with van der Waals surface area (Å²) in [5.74, 6) is -0.422. The summed E-state index contributed by atoms with van der Waals surface area (Å²) in [7, 11) is 0. The molecule has 142 valence electrons. The van der Waals surface area contributed by atoms with E-state index in [2.05, 4.69) is 34.9 Å². The number of hydrogen-bond acceptors (Lipinski definition) is 3. The Morgan fingerprint density at radius 2 is 1.86 bits per heavy atom. The van der Waals surface area contributed by atoms with Gasteiger partial charge in [0, 0.05) is 17.5 Å². The Balaban J connectivity index is 1.40. The summed E-state index contributed by atoms with van der Waals surface area (Å²) in [5, 5.41) is 7.13. The van der Waals surface area contributed by atoms with Crippen LogP contribution in [0.1, 0.15) is 38.1 Å². The number of carbonyl (C=O) groups excluding carboxylic acids is 1. The van der Waals surface area contributed by atoms with Crippen molar-refractivity contribution in [2.45, 2.75) is 25.7 Å². The first-order valence-corrected chi connectivity index (χ1v) is 10.3. The first kappa shape index (κ1) is 17.4. The number of rotatable bonds is 3. The zero-order chi connectivity index (χ0) is 19.1. The number of fused-ring (bicyclic) bond motifs is 3. The van der Waals surface area contributed by atoms with E-state index in [0.717, 1.165) is 42.2 Å². The molecule has 1 aromatic heterocycles. The minimum absolute atomic E-state index is 0.106. The number of benzene rings is 2. The Kier molecular flexibility index (Phi) is 4.37. The van der Waals surface area contributed by atoms with Gasteiger partial charge in [-0.2, -0.15) is 0 Å². The minimum Gasteiger partial charge on any atom is -0.353 e. The molecule has 0 saturated carbocycles. The molecule has 0 spiro atoms. The molecule has 2 aromatic carbocycles. The van der Waals surface area contributed by atoms with Gasteiger partial charge in [0.15, 0.2) is 0 Å². The third-order valence-electron chi connectivity index (χ3n) is 5.52. The number of anilines is 1. The highest BCUT2D eigenvalue weighted by Gasteiger charge is 2.35. The van der Waals surface area contributed by atoms with Crippen molar-refractivity contribution in [2.24, 2.45) is 0 Å². The van der Waals surface area contributed by atoms with Crippen LogP contribution in [0, 0.1) is 5.82 Å². The van der Waals surface area contributed by atoms with Gasteiger partial charge in [0.1, 0.15) is 30.1 Å². The largest absolute Gasteiger partial charge is 0.353 e. The number of quaternary nitrogens is 1. The van der Waals surface area contributed by atoms with Crippen molar-refractivity contribution in [3.8, 4) is 0 Å². The Morgan fingerprint density at radius 1 is 1.07 bits per heavy atom. The highest BCUT2D eigenvalue weighted by molar-refractivity contribution is 7.16. The molecule has 3 N–H and O–H groups in total. The molecular weight excluding hydrogens is 373 g/mol. The van der Waals surface area contributed by atoms with E-state index in [9.17, 15) is 9.18 Å². The summed E-state index contributed by atoms with van der Waals surface area (Å²) < 4.78 is 14.2. The average molecular weight is 394 g/mol. The van der Waals surface area contributed by atoms with Crippen LogP contribution in [0.25, 0.3) is 0 Å². The van der Waals surface area contributed by atoms with Crippen LogP contribution in [0.2, 0.25) is 0 Å². The monoisotopic (exact) mass is 394 g/mol. The van der Waals surface area contributed by atoms with Gasteiger partial charge in [-0.05, 0) is 11.6 Å². The molecule has 2 aliphatic heterocycles. The number of carbonyl (C=O) groups is 1. The molecule has 0 radical (unpaired) electrons. The lowest BCUT2D eigenvalue weighted by atomic mass is 10.00. The van der Waals surface area contributed by atoms with Crippen LogP contribution in [0.5, 0.6) is 0 Å². The summed E-state index contributed by atoms with van der Waals surface area (Å²) in [5.41, 5.74) is 3.71. The van der Waals surface area contributed by atoms with E-state index in [-0.39, 0.29) is 11.7 Å². The summed E-state index contributed by atoms with van der Waals surface area (Å²) in [6.45, 7) is 2.91. The van der Waals surface area contributed by atoms with Crippen molar-refractivity contribution in [3.63, 3.8) is 0 Å².